The van der Waals surface area contributed by atoms with Gasteiger partial charge in [-0.25, -0.2) is 0 Å². The fraction of sp³-hybridized carbons (Fsp3) is 0.481. The highest BCUT2D eigenvalue weighted by Gasteiger charge is 2.28. The van der Waals surface area contributed by atoms with Crippen LogP contribution in [-0.4, -0.2) is 58.3 Å². The molecule has 7 heteroatoms. The molecule has 2 aliphatic rings. The summed E-state index contributed by atoms with van der Waals surface area (Å²) in [5.41, 5.74) is 3.76. The Morgan fingerprint density at radius 1 is 1.06 bits per heavy atom. The number of hydrogen-bond acceptors (Lipinski definition) is 6. The molecule has 34 heavy (non-hydrogen) atoms. The number of piperidine rings is 1. The van der Waals surface area contributed by atoms with Crippen molar-refractivity contribution in [2.45, 2.75) is 56.3 Å². The van der Waals surface area contributed by atoms with Crippen LogP contribution in [0.15, 0.2) is 53.7 Å². The number of aryl methyl sites for hydroxylation is 1. The van der Waals surface area contributed by atoms with E-state index in [2.05, 4.69) is 57.9 Å². The largest absolute Gasteiger partial charge is 0.497 e. The minimum Gasteiger partial charge on any atom is -0.497 e. The molecule has 0 spiro atoms. The Balaban J connectivity index is 1.32. The zero-order valence-corrected chi connectivity index (χ0v) is 21.0. The SMILES string of the molecule is COc1cccc(-n2c(SC[C@H]3CCCO3)nnc2C2CCN(Cc3ccc(C)cc3)CC2)c1. The maximum atomic E-state index is 5.84. The molecule has 0 unspecified atom stereocenters. The molecule has 0 saturated carbocycles. The summed E-state index contributed by atoms with van der Waals surface area (Å²) in [4.78, 5) is 2.56. The average molecular weight is 479 g/mol. The van der Waals surface area contributed by atoms with Crippen LogP contribution in [0.5, 0.6) is 5.75 Å². The molecule has 3 aromatic rings. The summed E-state index contributed by atoms with van der Waals surface area (Å²) < 4.78 is 13.6. The average Bonchev–Trinajstić information content (AvgIpc) is 3.55. The van der Waals surface area contributed by atoms with Crippen molar-refractivity contribution in [2.75, 3.05) is 32.6 Å². The lowest BCUT2D eigenvalue weighted by molar-refractivity contribution is 0.129. The van der Waals surface area contributed by atoms with Crippen molar-refractivity contribution < 1.29 is 9.47 Å². The third-order valence-electron chi connectivity index (χ3n) is 6.87. The minimum atomic E-state index is 0.314. The van der Waals surface area contributed by atoms with Crippen LogP contribution in [0.25, 0.3) is 5.69 Å². The van der Waals surface area contributed by atoms with Crippen LogP contribution in [0.1, 0.15) is 48.6 Å². The highest BCUT2D eigenvalue weighted by Crippen LogP contribution is 2.34. The molecule has 0 bridgehead atoms. The quantitative estimate of drug-likeness (QED) is 0.413. The van der Waals surface area contributed by atoms with Crippen LogP contribution in [0.3, 0.4) is 0 Å². The van der Waals surface area contributed by atoms with Crippen molar-refractivity contribution in [3.05, 3.63) is 65.5 Å². The van der Waals surface area contributed by atoms with Crippen molar-refractivity contribution in [2.24, 2.45) is 0 Å². The van der Waals surface area contributed by atoms with Crippen LogP contribution in [0.4, 0.5) is 0 Å². The second-order valence-electron chi connectivity index (χ2n) is 9.36. The molecule has 0 amide bonds. The number of thioether (sulfide) groups is 1. The highest BCUT2D eigenvalue weighted by atomic mass is 32.2. The molecule has 0 radical (unpaired) electrons. The molecule has 2 aromatic carbocycles. The van der Waals surface area contributed by atoms with E-state index in [1.807, 2.05) is 12.1 Å². The first kappa shape index (κ1) is 23.4. The van der Waals surface area contributed by atoms with Gasteiger partial charge >= 0.3 is 0 Å². The van der Waals surface area contributed by atoms with Crippen LogP contribution in [-0.2, 0) is 11.3 Å². The molecule has 180 valence electrons. The molecule has 6 nitrogen and oxygen atoms in total. The fourth-order valence-corrected chi connectivity index (χ4v) is 5.90. The standard InChI is InChI=1S/C27H34N4O2S/c1-20-8-10-21(11-9-20)18-30-14-12-22(13-15-30)26-28-29-27(34-19-25-7-4-16-33-25)31(26)23-5-3-6-24(17-23)32-2/h3,5-6,8-11,17,22,25H,4,7,12-16,18-19H2,1-2H3/t25-/m1/s1. The van der Waals surface area contributed by atoms with Gasteiger partial charge in [0.15, 0.2) is 5.16 Å². The Hall–Kier alpha value is -2.35. The zero-order chi connectivity index (χ0) is 23.3. The van der Waals surface area contributed by atoms with Gasteiger partial charge in [0.05, 0.1) is 18.9 Å². The summed E-state index contributed by atoms with van der Waals surface area (Å²) in [7, 11) is 1.71. The van der Waals surface area contributed by atoms with Gasteiger partial charge in [-0.05, 0) is 63.4 Å². The van der Waals surface area contributed by atoms with Crippen molar-refractivity contribution >= 4 is 11.8 Å². The third kappa shape index (κ3) is 5.48. The van der Waals surface area contributed by atoms with Crippen molar-refractivity contribution in [1.29, 1.82) is 0 Å². The lowest BCUT2D eigenvalue weighted by atomic mass is 9.95. The first-order valence-electron chi connectivity index (χ1n) is 12.3. The number of ether oxygens (including phenoxy) is 2. The van der Waals surface area contributed by atoms with Gasteiger partial charge in [-0.3, -0.25) is 9.47 Å². The van der Waals surface area contributed by atoms with Crippen LogP contribution < -0.4 is 4.74 Å². The predicted octanol–water partition coefficient (Wildman–Crippen LogP) is 5.24. The van der Waals surface area contributed by atoms with Gasteiger partial charge in [0.2, 0.25) is 0 Å². The number of rotatable bonds is 8. The summed E-state index contributed by atoms with van der Waals surface area (Å²) in [6.45, 7) is 6.17. The van der Waals surface area contributed by atoms with Crippen molar-refractivity contribution in [3.8, 4) is 11.4 Å². The summed E-state index contributed by atoms with van der Waals surface area (Å²) in [6.07, 6.45) is 4.77. The second kappa shape index (κ2) is 10.9. The Labute approximate surface area is 206 Å². The zero-order valence-electron chi connectivity index (χ0n) is 20.2. The lowest BCUT2D eigenvalue weighted by Gasteiger charge is -2.31. The molecule has 0 aliphatic carbocycles. The number of hydrogen-bond donors (Lipinski definition) is 0. The maximum Gasteiger partial charge on any atom is 0.195 e. The van der Waals surface area contributed by atoms with E-state index < -0.39 is 0 Å². The van der Waals surface area contributed by atoms with E-state index in [1.165, 1.54) is 11.1 Å². The molecule has 2 aliphatic heterocycles. The van der Waals surface area contributed by atoms with Gasteiger partial charge in [-0.1, -0.05) is 47.7 Å². The smallest absolute Gasteiger partial charge is 0.195 e. The fourth-order valence-electron chi connectivity index (χ4n) is 4.88. The monoisotopic (exact) mass is 478 g/mol. The summed E-state index contributed by atoms with van der Waals surface area (Å²) in [6, 6.07) is 17.1. The highest BCUT2D eigenvalue weighted by molar-refractivity contribution is 7.99. The van der Waals surface area contributed by atoms with Crippen LogP contribution >= 0.6 is 11.8 Å². The Bertz CT molecular complexity index is 1070. The van der Waals surface area contributed by atoms with Crippen LogP contribution in [0.2, 0.25) is 0 Å². The number of methoxy groups -OCH3 is 1. The lowest BCUT2D eigenvalue weighted by Crippen LogP contribution is -2.33. The Morgan fingerprint density at radius 2 is 1.88 bits per heavy atom. The van der Waals surface area contributed by atoms with Crippen LogP contribution in [0, 0.1) is 6.92 Å². The van der Waals surface area contributed by atoms with E-state index in [0.29, 0.717) is 12.0 Å². The molecule has 2 fully saturated rings. The first-order valence-corrected chi connectivity index (χ1v) is 13.3. The Kier molecular flexibility index (Phi) is 7.52. The van der Waals surface area contributed by atoms with Crippen molar-refractivity contribution in [1.82, 2.24) is 19.7 Å². The van der Waals surface area contributed by atoms with Gasteiger partial charge in [0.25, 0.3) is 0 Å². The molecule has 2 saturated heterocycles. The van der Waals surface area contributed by atoms with Gasteiger partial charge in [0.1, 0.15) is 11.6 Å². The topological polar surface area (TPSA) is 52.4 Å². The predicted molar refractivity (Wildman–Crippen MR) is 136 cm³/mol. The van der Waals surface area contributed by atoms with E-state index in [-0.39, 0.29) is 0 Å². The summed E-state index contributed by atoms with van der Waals surface area (Å²) in [5, 5.41) is 10.3. The molecule has 1 aromatic heterocycles. The van der Waals surface area contributed by atoms with Gasteiger partial charge in [-0.2, -0.15) is 0 Å². The number of likely N-dealkylation sites (tertiary alicyclic amines) is 1. The number of nitrogens with zero attached hydrogens (tertiary/aromatic N) is 4. The normalized spacial score (nSPS) is 19.5. The molecule has 1 atom stereocenters. The molecular formula is C27H34N4O2S. The van der Waals surface area contributed by atoms with Gasteiger partial charge < -0.3 is 9.47 Å². The summed E-state index contributed by atoms with van der Waals surface area (Å²) >= 11 is 1.75. The van der Waals surface area contributed by atoms with E-state index in [1.54, 1.807) is 18.9 Å². The van der Waals surface area contributed by atoms with Gasteiger partial charge in [0, 0.05) is 30.9 Å². The van der Waals surface area contributed by atoms with E-state index in [4.69, 9.17) is 14.6 Å². The third-order valence-corrected chi connectivity index (χ3v) is 7.93. The van der Waals surface area contributed by atoms with Crippen molar-refractivity contribution in [3.63, 3.8) is 0 Å². The molecular weight excluding hydrogens is 444 g/mol. The van der Waals surface area contributed by atoms with Gasteiger partial charge in [-0.15, -0.1) is 10.2 Å². The van der Waals surface area contributed by atoms with E-state index in [9.17, 15) is 0 Å². The summed E-state index contributed by atoms with van der Waals surface area (Å²) in [5.74, 6) is 3.22. The van der Waals surface area contributed by atoms with E-state index >= 15 is 0 Å². The Morgan fingerprint density at radius 3 is 2.62 bits per heavy atom. The second-order valence-corrected chi connectivity index (χ2v) is 10.3. The molecule has 3 heterocycles. The molecule has 5 rings (SSSR count). The number of aromatic nitrogens is 3. The minimum absolute atomic E-state index is 0.314. The first-order chi connectivity index (χ1) is 16.7. The molecule has 0 N–H and O–H groups in total. The maximum absolute atomic E-state index is 5.84. The van der Waals surface area contributed by atoms with E-state index in [0.717, 1.165) is 80.1 Å². The number of benzene rings is 2.